The van der Waals surface area contributed by atoms with Crippen LogP contribution in [-0.4, -0.2) is 108 Å². The Morgan fingerprint density at radius 1 is 0.774 bits per heavy atom. The summed E-state index contributed by atoms with van der Waals surface area (Å²) in [5.74, 6) is -1.55. The van der Waals surface area contributed by atoms with Gasteiger partial charge in [-0.2, -0.15) is 0 Å². The van der Waals surface area contributed by atoms with Crippen LogP contribution in [0.3, 0.4) is 0 Å². The molecule has 1 atom stereocenters. The maximum atomic E-state index is 11.6. The minimum Gasteiger partial charge on any atom is -0.480 e. The second-order valence-electron chi connectivity index (χ2n) is 6.45. The predicted octanol–water partition coefficient (Wildman–Crippen LogP) is -1.67. The zero-order valence-corrected chi connectivity index (χ0v) is 18.3. The molecule has 12 heteroatoms. The van der Waals surface area contributed by atoms with Gasteiger partial charge >= 0.3 is 5.97 Å². The Kier molecular flexibility index (Phi) is 18.5. The molecule has 0 aromatic carbocycles. The molecule has 0 saturated heterocycles. The highest BCUT2D eigenvalue weighted by Gasteiger charge is 2.15. The minimum absolute atomic E-state index is 0.0440. The van der Waals surface area contributed by atoms with Gasteiger partial charge in [0.05, 0.1) is 39.6 Å². The number of ether oxygens (including phenoxy) is 4. The van der Waals surface area contributed by atoms with Crippen LogP contribution in [0.5, 0.6) is 0 Å². The second kappa shape index (κ2) is 19.8. The number of nitrogens with one attached hydrogen (secondary N) is 3. The van der Waals surface area contributed by atoms with Crippen LogP contribution >= 0.6 is 0 Å². The number of carboxylic acid groups (broad SMARTS) is 1. The number of carbonyl (C=O) groups excluding carboxylic acids is 3. The van der Waals surface area contributed by atoms with Crippen molar-refractivity contribution in [3.8, 4) is 0 Å². The minimum atomic E-state index is -0.992. The van der Waals surface area contributed by atoms with E-state index in [0.717, 1.165) is 0 Å². The zero-order chi connectivity index (χ0) is 23.3. The fraction of sp³-hybridized carbons (Fsp3) is 0.789. The number of aliphatic carboxylic acids is 1. The van der Waals surface area contributed by atoms with Crippen LogP contribution in [0.15, 0.2) is 0 Å². The Hall–Kier alpha value is -2.12. The van der Waals surface area contributed by atoms with E-state index in [2.05, 4.69) is 16.0 Å². The number of hydrogen-bond acceptors (Lipinski definition) is 9. The summed E-state index contributed by atoms with van der Waals surface area (Å²) in [7, 11) is 1.53. The van der Waals surface area contributed by atoms with E-state index >= 15 is 0 Å². The number of rotatable bonds is 21. The quantitative estimate of drug-likeness (QED) is 0.149. The van der Waals surface area contributed by atoms with Crippen LogP contribution in [0, 0.1) is 0 Å². The Labute approximate surface area is 182 Å². The van der Waals surface area contributed by atoms with Gasteiger partial charge in [-0.3, -0.25) is 19.2 Å². The van der Waals surface area contributed by atoms with E-state index in [1.165, 1.54) is 14.0 Å². The van der Waals surface area contributed by atoms with Gasteiger partial charge in [-0.05, 0) is 20.4 Å². The van der Waals surface area contributed by atoms with Gasteiger partial charge < -0.3 is 40.0 Å². The molecule has 12 nitrogen and oxygen atoms in total. The first kappa shape index (κ1) is 28.9. The van der Waals surface area contributed by atoms with Crippen LogP contribution in [-0.2, 0) is 38.1 Å². The summed E-state index contributed by atoms with van der Waals surface area (Å²) in [6.45, 7) is 3.83. The lowest BCUT2D eigenvalue weighted by molar-refractivity contribution is -0.139. The number of carboxylic acids is 1. The number of carbonyl (C=O) groups is 4. The lowest BCUT2D eigenvalue weighted by Crippen LogP contribution is -2.36. The summed E-state index contributed by atoms with van der Waals surface area (Å²) in [6, 6.07) is -0.748. The Morgan fingerprint density at radius 3 is 1.81 bits per heavy atom. The van der Waals surface area contributed by atoms with Crippen molar-refractivity contribution < 1.29 is 43.2 Å². The second-order valence-corrected chi connectivity index (χ2v) is 6.45. The van der Waals surface area contributed by atoms with Crippen molar-refractivity contribution in [3.63, 3.8) is 0 Å². The molecule has 2 amide bonds. The number of Topliss-reactive ketones (excluding diaryl/α,β-unsaturated/α-hetero) is 1. The van der Waals surface area contributed by atoms with Gasteiger partial charge in [-0.1, -0.05) is 0 Å². The summed E-state index contributed by atoms with van der Waals surface area (Å²) < 4.78 is 20.7. The van der Waals surface area contributed by atoms with Gasteiger partial charge in [0.2, 0.25) is 11.8 Å². The molecule has 0 bridgehead atoms. The summed E-state index contributed by atoms with van der Waals surface area (Å²) >= 11 is 0. The van der Waals surface area contributed by atoms with E-state index in [-0.39, 0.29) is 63.5 Å². The topological polar surface area (TPSA) is 162 Å². The fourth-order valence-electron chi connectivity index (χ4n) is 2.15. The van der Waals surface area contributed by atoms with E-state index in [4.69, 9.17) is 24.1 Å². The molecular formula is C19H35N3O9. The number of ketones is 1. The third-order valence-electron chi connectivity index (χ3n) is 3.73. The van der Waals surface area contributed by atoms with Crippen molar-refractivity contribution >= 4 is 23.6 Å². The van der Waals surface area contributed by atoms with Gasteiger partial charge in [-0.25, -0.2) is 0 Å². The van der Waals surface area contributed by atoms with E-state index < -0.39 is 12.0 Å². The largest absolute Gasteiger partial charge is 0.480 e. The molecule has 0 aliphatic heterocycles. The molecule has 0 radical (unpaired) electrons. The molecule has 0 spiro atoms. The number of amides is 2. The zero-order valence-electron chi connectivity index (χ0n) is 18.3. The average Bonchev–Trinajstić information content (AvgIpc) is 2.71. The molecule has 0 aromatic heterocycles. The van der Waals surface area contributed by atoms with Gasteiger partial charge in [-0.15, -0.1) is 0 Å². The summed E-state index contributed by atoms with van der Waals surface area (Å²) in [4.78, 5) is 44.6. The maximum absolute atomic E-state index is 11.6. The number of hydrogen-bond donors (Lipinski definition) is 4. The Bertz CT molecular complexity index is 532. The van der Waals surface area contributed by atoms with Crippen LogP contribution in [0.4, 0.5) is 0 Å². The number of likely N-dealkylation sites (N-methyl/N-ethyl adjacent to an activating group) is 1. The van der Waals surface area contributed by atoms with Crippen LogP contribution < -0.4 is 16.0 Å². The SMILES string of the molecule is CN[C@@H](CCC(=O)NCCOCCOCC(=O)NCCOCCOCC(C)=O)C(=O)O. The molecule has 31 heavy (non-hydrogen) atoms. The van der Waals surface area contributed by atoms with Crippen molar-refractivity contribution in [3.05, 3.63) is 0 Å². The standard InChI is InChI=1S/C19H35N3O9/c1-15(23)13-30-11-9-29-8-6-22-18(25)14-31-12-10-28-7-5-21-17(24)4-3-16(20-2)19(26)27/h16,20H,3-14H2,1-2H3,(H,21,24)(H,22,25)(H,26,27)/t16-/m0/s1. The van der Waals surface area contributed by atoms with Gasteiger partial charge in [0, 0.05) is 19.5 Å². The molecule has 0 unspecified atom stereocenters. The summed E-state index contributed by atoms with van der Waals surface area (Å²) in [5, 5.41) is 16.8. The highest BCUT2D eigenvalue weighted by molar-refractivity contribution is 5.78. The van der Waals surface area contributed by atoms with Crippen LogP contribution in [0.2, 0.25) is 0 Å². The molecule has 0 fully saturated rings. The van der Waals surface area contributed by atoms with Crippen LogP contribution in [0.1, 0.15) is 19.8 Å². The smallest absolute Gasteiger partial charge is 0.320 e. The highest BCUT2D eigenvalue weighted by atomic mass is 16.5. The normalized spacial score (nSPS) is 11.7. The first-order valence-corrected chi connectivity index (χ1v) is 10.1. The fourth-order valence-corrected chi connectivity index (χ4v) is 2.15. The molecule has 4 N–H and O–H groups in total. The highest BCUT2D eigenvalue weighted by Crippen LogP contribution is 1.97. The maximum Gasteiger partial charge on any atom is 0.320 e. The van der Waals surface area contributed by atoms with Crippen LogP contribution in [0.25, 0.3) is 0 Å². The van der Waals surface area contributed by atoms with Crippen molar-refractivity contribution in [1.82, 2.24) is 16.0 Å². The van der Waals surface area contributed by atoms with E-state index in [1.54, 1.807) is 0 Å². The first-order valence-electron chi connectivity index (χ1n) is 10.1. The third kappa shape index (κ3) is 19.6. The van der Waals surface area contributed by atoms with Gasteiger partial charge in [0.15, 0.2) is 5.78 Å². The molecule has 0 aliphatic carbocycles. The predicted molar refractivity (Wildman–Crippen MR) is 110 cm³/mol. The van der Waals surface area contributed by atoms with Crippen molar-refractivity contribution in [1.29, 1.82) is 0 Å². The average molecular weight is 450 g/mol. The van der Waals surface area contributed by atoms with Crippen molar-refractivity contribution in [2.45, 2.75) is 25.8 Å². The summed E-state index contributed by atoms with van der Waals surface area (Å²) in [6.07, 6.45) is 0.310. The van der Waals surface area contributed by atoms with E-state index in [1.807, 2.05) is 0 Å². The molecule has 0 heterocycles. The Morgan fingerprint density at radius 2 is 1.29 bits per heavy atom. The van der Waals surface area contributed by atoms with E-state index in [9.17, 15) is 19.2 Å². The molecular weight excluding hydrogens is 414 g/mol. The molecule has 0 rings (SSSR count). The molecule has 180 valence electrons. The summed E-state index contributed by atoms with van der Waals surface area (Å²) in [5.41, 5.74) is 0. The molecule has 0 aliphatic rings. The van der Waals surface area contributed by atoms with Gasteiger partial charge in [0.25, 0.3) is 0 Å². The van der Waals surface area contributed by atoms with Crippen molar-refractivity contribution in [2.75, 3.05) is 73.0 Å². The molecule has 0 aromatic rings. The molecule has 0 saturated carbocycles. The van der Waals surface area contributed by atoms with Crippen molar-refractivity contribution in [2.24, 2.45) is 0 Å². The van der Waals surface area contributed by atoms with Gasteiger partial charge in [0.1, 0.15) is 19.3 Å². The lowest BCUT2D eigenvalue weighted by Gasteiger charge is -2.11. The van der Waals surface area contributed by atoms with E-state index in [0.29, 0.717) is 32.9 Å². The third-order valence-corrected chi connectivity index (χ3v) is 3.73. The Balaban J connectivity index is 3.41. The first-order chi connectivity index (χ1) is 14.9. The monoisotopic (exact) mass is 449 g/mol. The lowest BCUT2D eigenvalue weighted by atomic mass is 10.1.